The number of aliphatic carboxylic acids is 1. The highest BCUT2D eigenvalue weighted by molar-refractivity contribution is 7.92. The zero-order valence-corrected chi connectivity index (χ0v) is 25.2. The highest BCUT2D eigenvalue weighted by Gasteiger charge is 2.24. The van der Waals surface area contributed by atoms with Gasteiger partial charge in [-0.15, -0.1) is 0 Å². The number of halogens is 1. The lowest BCUT2D eigenvalue weighted by Crippen LogP contribution is -2.37. The number of sulfonamides is 1. The van der Waals surface area contributed by atoms with Crippen LogP contribution in [0.5, 0.6) is 5.88 Å². The molecule has 12 nitrogen and oxygen atoms in total. The first-order valence-electron chi connectivity index (χ1n) is 14.4. The van der Waals surface area contributed by atoms with E-state index in [1.54, 1.807) is 6.07 Å². The maximum atomic E-state index is 15.2. The molecule has 43 heavy (non-hydrogen) atoms. The van der Waals surface area contributed by atoms with Crippen LogP contribution in [0.25, 0.3) is 22.2 Å². The summed E-state index contributed by atoms with van der Waals surface area (Å²) in [6.07, 6.45) is 6.25. The molecule has 2 aliphatic heterocycles. The van der Waals surface area contributed by atoms with Crippen LogP contribution in [0, 0.1) is 11.7 Å². The van der Waals surface area contributed by atoms with Gasteiger partial charge in [0.2, 0.25) is 21.9 Å². The Bertz CT molecular complexity index is 1580. The molecule has 232 valence electrons. The zero-order chi connectivity index (χ0) is 30.6. The van der Waals surface area contributed by atoms with Gasteiger partial charge in [-0.05, 0) is 68.5 Å². The lowest BCUT2D eigenvalue weighted by atomic mass is 9.91. The van der Waals surface area contributed by atoms with E-state index in [-0.39, 0.29) is 18.0 Å². The van der Waals surface area contributed by atoms with Crippen LogP contribution in [0.2, 0.25) is 0 Å². The average Bonchev–Trinajstić information content (AvgIpc) is 2.97. The molecule has 4 heterocycles. The Hall–Kier alpha value is -3.62. The van der Waals surface area contributed by atoms with Gasteiger partial charge in [-0.2, -0.15) is 0 Å². The number of nitrogens with one attached hydrogen (secondary N) is 1. The SMILES string of the molecule is COc1ncc(-c2nc(N3CCOCC3)nc3c(CN4CCC(CCCC(=O)O)CC4)cc(F)cc23)cc1NS(C)(=O)=O. The fourth-order valence-corrected chi connectivity index (χ4v) is 6.28. The van der Waals surface area contributed by atoms with Crippen molar-refractivity contribution in [2.75, 3.05) is 62.4 Å². The predicted molar refractivity (Wildman–Crippen MR) is 160 cm³/mol. The Labute approximate surface area is 250 Å². The van der Waals surface area contributed by atoms with Gasteiger partial charge in [0, 0.05) is 43.2 Å². The molecule has 14 heteroatoms. The molecule has 0 bridgehead atoms. The average molecular weight is 617 g/mol. The summed E-state index contributed by atoms with van der Waals surface area (Å²) in [5.41, 5.74) is 2.40. The topological polar surface area (TPSA) is 147 Å². The lowest BCUT2D eigenvalue weighted by Gasteiger charge is -2.32. The molecular weight excluding hydrogens is 579 g/mol. The van der Waals surface area contributed by atoms with E-state index >= 15 is 4.39 Å². The van der Waals surface area contributed by atoms with Crippen LogP contribution in [0.1, 0.15) is 37.7 Å². The number of hydrogen-bond acceptors (Lipinski definition) is 10. The third-order valence-corrected chi connectivity index (χ3v) is 8.43. The number of rotatable bonds is 11. The van der Waals surface area contributed by atoms with Gasteiger partial charge in [-0.3, -0.25) is 14.4 Å². The molecule has 2 aromatic heterocycles. The lowest BCUT2D eigenvalue weighted by molar-refractivity contribution is -0.137. The number of nitrogens with zero attached hydrogens (tertiary/aromatic N) is 5. The Balaban J connectivity index is 1.52. The molecule has 0 radical (unpaired) electrons. The van der Waals surface area contributed by atoms with Crippen LogP contribution in [0.3, 0.4) is 0 Å². The number of methoxy groups -OCH3 is 1. The highest BCUT2D eigenvalue weighted by atomic mass is 32.2. The van der Waals surface area contributed by atoms with Gasteiger partial charge in [0.15, 0.2) is 0 Å². The quantitative estimate of drug-likeness (QED) is 0.326. The number of pyridine rings is 1. The first-order valence-corrected chi connectivity index (χ1v) is 16.3. The second kappa shape index (κ2) is 13.3. The van der Waals surface area contributed by atoms with Gasteiger partial charge in [0.1, 0.15) is 11.5 Å². The molecule has 2 N–H and O–H groups in total. The monoisotopic (exact) mass is 616 g/mol. The van der Waals surface area contributed by atoms with Crippen molar-refractivity contribution >= 4 is 38.5 Å². The van der Waals surface area contributed by atoms with E-state index in [1.807, 2.05) is 4.90 Å². The molecule has 0 saturated carbocycles. The van der Waals surface area contributed by atoms with E-state index in [9.17, 15) is 13.2 Å². The number of anilines is 2. The van der Waals surface area contributed by atoms with Crippen LogP contribution in [-0.4, -0.2) is 92.1 Å². The van der Waals surface area contributed by atoms with Crippen LogP contribution >= 0.6 is 0 Å². The van der Waals surface area contributed by atoms with E-state index in [0.29, 0.717) is 73.3 Å². The van der Waals surface area contributed by atoms with Gasteiger partial charge in [0.25, 0.3) is 0 Å². The molecule has 0 aliphatic carbocycles. The summed E-state index contributed by atoms with van der Waals surface area (Å²) in [6, 6.07) is 4.50. The van der Waals surface area contributed by atoms with Crippen LogP contribution in [0.4, 0.5) is 16.0 Å². The summed E-state index contributed by atoms with van der Waals surface area (Å²) < 4.78 is 52.5. The third kappa shape index (κ3) is 7.86. The standard InChI is InChI=1S/C29H37FN6O6S/c1-41-28-24(34-43(2,39)40)15-20(17-31-28)26-23-16-22(30)14-21(27(23)33-29(32-26)36-10-12-42-13-11-36)18-35-8-6-19(7-9-35)4-3-5-25(37)38/h14-17,19,34H,3-13,18H2,1-2H3,(H,37,38). The fraction of sp³-hybridized carbons (Fsp3) is 0.517. The molecule has 2 aliphatic rings. The van der Waals surface area contributed by atoms with Crippen molar-refractivity contribution in [3.05, 3.63) is 35.8 Å². The Kier molecular flexibility index (Phi) is 9.57. The first-order chi connectivity index (χ1) is 20.6. The van der Waals surface area contributed by atoms with E-state index in [4.69, 9.17) is 24.5 Å². The summed E-state index contributed by atoms with van der Waals surface area (Å²) in [5.74, 6) is -0.130. The molecule has 0 amide bonds. The molecule has 0 unspecified atom stereocenters. The molecular formula is C29H37FN6O6S. The number of carboxylic acids is 1. The van der Waals surface area contributed by atoms with Crippen molar-refractivity contribution in [3.8, 4) is 17.1 Å². The fourth-order valence-electron chi connectivity index (χ4n) is 5.73. The van der Waals surface area contributed by atoms with Crippen molar-refractivity contribution < 1.29 is 32.2 Å². The minimum atomic E-state index is -3.64. The largest absolute Gasteiger partial charge is 0.481 e. The van der Waals surface area contributed by atoms with Gasteiger partial charge >= 0.3 is 5.97 Å². The number of carbonyl (C=O) groups is 1. The highest BCUT2D eigenvalue weighted by Crippen LogP contribution is 2.35. The number of hydrogen-bond donors (Lipinski definition) is 2. The van der Waals surface area contributed by atoms with Crippen molar-refractivity contribution in [3.63, 3.8) is 0 Å². The number of piperidine rings is 1. The van der Waals surface area contributed by atoms with E-state index in [0.717, 1.165) is 44.2 Å². The summed E-state index contributed by atoms with van der Waals surface area (Å²) in [5, 5.41) is 9.43. The number of ether oxygens (including phenoxy) is 2. The predicted octanol–water partition coefficient (Wildman–Crippen LogP) is 3.51. The van der Waals surface area contributed by atoms with Gasteiger partial charge in [0.05, 0.1) is 37.8 Å². The van der Waals surface area contributed by atoms with Crippen molar-refractivity contribution in [2.45, 2.75) is 38.6 Å². The second-order valence-electron chi connectivity index (χ2n) is 11.1. The molecule has 2 fully saturated rings. The van der Waals surface area contributed by atoms with Crippen molar-refractivity contribution in [1.29, 1.82) is 0 Å². The molecule has 1 aromatic carbocycles. The maximum Gasteiger partial charge on any atom is 0.303 e. The Morgan fingerprint density at radius 2 is 1.91 bits per heavy atom. The van der Waals surface area contributed by atoms with E-state index in [2.05, 4.69) is 14.6 Å². The third-order valence-electron chi connectivity index (χ3n) is 7.84. The summed E-state index contributed by atoms with van der Waals surface area (Å²) in [7, 11) is -2.24. The molecule has 5 rings (SSSR count). The molecule has 0 spiro atoms. The number of likely N-dealkylation sites (tertiary alicyclic amines) is 1. The normalized spacial score (nSPS) is 16.9. The molecule has 2 saturated heterocycles. The molecule has 3 aromatic rings. The number of aromatic nitrogens is 3. The minimum Gasteiger partial charge on any atom is -0.481 e. The van der Waals surface area contributed by atoms with Crippen LogP contribution < -0.4 is 14.4 Å². The van der Waals surface area contributed by atoms with Gasteiger partial charge < -0.3 is 19.5 Å². The smallest absolute Gasteiger partial charge is 0.303 e. The number of fused-ring (bicyclic) bond motifs is 1. The minimum absolute atomic E-state index is 0.0965. The summed E-state index contributed by atoms with van der Waals surface area (Å²) >= 11 is 0. The van der Waals surface area contributed by atoms with Crippen molar-refractivity contribution in [2.24, 2.45) is 5.92 Å². The van der Waals surface area contributed by atoms with Crippen LogP contribution in [-0.2, 0) is 26.1 Å². The zero-order valence-electron chi connectivity index (χ0n) is 24.4. The van der Waals surface area contributed by atoms with E-state index < -0.39 is 21.8 Å². The first kappa shape index (κ1) is 30.8. The summed E-state index contributed by atoms with van der Waals surface area (Å²) in [4.78, 5) is 29.3. The maximum absolute atomic E-state index is 15.2. The number of morpholine rings is 1. The number of carboxylic acid groups (broad SMARTS) is 1. The van der Waals surface area contributed by atoms with Gasteiger partial charge in [-0.25, -0.2) is 27.8 Å². The Morgan fingerprint density at radius 3 is 2.58 bits per heavy atom. The summed E-state index contributed by atoms with van der Waals surface area (Å²) in [6.45, 7) is 4.40. The molecule has 0 atom stereocenters. The van der Waals surface area contributed by atoms with Gasteiger partial charge in [-0.1, -0.05) is 0 Å². The van der Waals surface area contributed by atoms with Crippen molar-refractivity contribution in [1.82, 2.24) is 19.9 Å². The van der Waals surface area contributed by atoms with E-state index in [1.165, 1.54) is 25.4 Å². The Morgan fingerprint density at radius 1 is 1.16 bits per heavy atom. The van der Waals surface area contributed by atoms with Crippen LogP contribution in [0.15, 0.2) is 24.4 Å². The second-order valence-corrected chi connectivity index (χ2v) is 12.8. The number of benzene rings is 1.